The summed E-state index contributed by atoms with van der Waals surface area (Å²) in [4.78, 5) is 36.1. The van der Waals surface area contributed by atoms with Crippen molar-refractivity contribution < 1.29 is 9.59 Å². The van der Waals surface area contributed by atoms with Crippen molar-refractivity contribution in [2.24, 2.45) is 5.73 Å². The van der Waals surface area contributed by atoms with Crippen molar-refractivity contribution in [2.75, 3.05) is 36.8 Å². The number of nitrogens with zero attached hydrogens (tertiary/aromatic N) is 3. The Balaban J connectivity index is 0.982. The van der Waals surface area contributed by atoms with Gasteiger partial charge in [0, 0.05) is 60.6 Å². The van der Waals surface area contributed by atoms with Gasteiger partial charge in [0.15, 0.2) is 0 Å². The molecule has 8 heteroatoms. The van der Waals surface area contributed by atoms with Crippen molar-refractivity contribution in [1.29, 1.82) is 0 Å². The first-order valence-electron chi connectivity index (χ1n) is 17.7. The van der Waals surface area contributed by atoms with Crippen LogP contribution in [-0.2, 0) is 9.59 Å². The van der Waals surface area contributed by atoms with Crippen molar-refractivity contribution in [2.45, 2.75) is 57.8 Å². The van der Waals surface area contributed by atoms with Gasteiger partial charge in [0.05, 0.1) is 33.4 Å². The van der Waals surface area contributed by atoms with Crippen LogP contribution in [0.4, 0.5) is 11.4 Å². The Morgan fingerprint density at radius 1 is 0.510 bits per heavy atom. The molecule has 2 amide bonds. The van der Waals surface area contributed by atoms with E-state index in [1.165, 1.54) is 0 Å². The topological polar surface area (TPSA) is 113 Å². The van der Waals surface area contributed by atoms with E-state index in [1.807, 2.05) is 29.2 Å². The molecule has 252 valence electrons. The lowest BCUT2D eigenvalue weighted by atomic mass is 10.1. The van der Waals surface area contributed by atoms with Gasteiger partial charge in [-0.05, 0) is 69.2 Å². The number of anilines is 2. The number of hydrogen-bond acceptors (Lipinski definition) is 6. The van der Waals surface area contributed by atoms with Crippen molar-refractivity contribution in [1.82, 2.24) is 14.9 Å². The Hall–Kier alpha value is -5.24. The molecular formula is C41H46N6O2. The lowest BCUT2D eigenvalue weighted by Gasteiger charge is -2.23. The van der Waals surface area contributed by atoms with Crippen LogP contribution in [0.5, 0.6) is 0 Å². The number of hydrogen-bond donors (Lipinski definition) is 3. The molecule has 4 aromatic carbocycles. The number of primary amides is 1. The fourth-order valence-corrected chi connectivity index (χ4v) is 6.63. The summed E-state index contributed by atoms with van der Waals surface area (Å²) in [6.07, 6.45) is 6.99. The molecule has 0 saturated heterocycles. The quantitative estimate of drug-likeness (QED) is 0.0633. The summed E-state index contributed by atoms with van der Waals surface area (Å²) in [6, 6.07) is 33.1. The summed E-state index contributed by atoms with van der Waals surface area (Å²) in [5.41, 5.74) is 11.6. The first-order chi connectivity index (χ1) is 24.1. The third kappa shape index (κ3) is 8.62. The summed E-state index contributed by atoms with van der Waals surface area (Å²) < 4.78 is 0. The molecule has 0 atom stereocenters. The van der Waals surface area contributed by atoms with Gasteiger partial charge in [0.1, 0.15) is 0 Å². The molecule has 0 aliphatic carbocycles. The van der Waals surface area contributed by atoms with E-state index in [4.69, 9.17) is 15.7 Å². The van der Waals surface area contributed by atoms with Crippen LogP contribution in [0.25, 0.3) is 43.6 Å². The Morgan fingerprint density at radius 3 is 1.29 bits per heavy atom. The van der Waals surface area contributed by atoms with Crippen molar-refractivity contribution in [3.63, 3.8) is 0 Å². The average molecular weight is 655 g/mol. The standard InChI is InChI=1S/C41H46N6O2/c42-38(48)24-15-25-39(49)47(28-13-1-11-26-43-40-30-16-3-7-20-34(30)45-35-21-8-4-17-31(35)40)29-14-2-12-27-44-41-32-18-5-9-22-36(32)46-37-23-10-6-19-33(37)41/h3-10,16-23H,1-2,11-15,24-29H2,(H2,42,48)(H,43,45)(H,44,46). The smallest absolute Gasteiger partial charge is 0.222 e. The van der Waals surface area contributed by atoms with E-state index in [1.54, 1.807) is 0 Å². The van der Waals surface area contributed by atoms with Crippen LogP contribution in [0.1, 0.15) is 57.8 Å². The second kappa shape index (κ2) is 16.7. The van der Waals surface area contributed by atoms with Crippen LogP contribution >= 0.6 is 0 Å². The van der Waals surface area contributed by atoms with E-state index < -0.39 is 0 Å². The molecule has 6 aromatic rings. The second-order valence-corrected chi connectivity index (χ2v) is 12.7. The highest BCUT2D eigenvalue weighted by molar-refractivity contribution is 6.08. The number of amides is 2. The highest BCUT2D eigenvalue weighted by Crippen LogP contribution is 2.32. The minimum Gasteiger partial charge on any atom is -0.384 e. The molecule has 0 spiro atoms. The number of fused-ring (bicyclic) bond motifs is 4. The van der Waals surface area contributed by atoms with Gasteiger partial charge >= 0.3 is 0 Å². The largest absolute Gasteiger partial charge is 0.384 e. The number of benzene rings is 4. The van der Waals surface area contributed by atoms with E-state index in [0.29, 0.717) is 12.8 Å². The molecule has 0 bridgehead atoms. The van der Waals surface area contributed by atoms with Crippen LogP contribution in [0.3, 0.4) is 0 Å². The van der Waals surface area contributed by atoms with Crippen LogP contribution in [-0.4, -0.2) is 52.9 Å². The summed E-state index contributed by atoms with van der Waals surface area (Å²) in [6.45, 7) is 3.15. The zero-order valence-corrected chi connectivity index (χ0v) is 28.2. The molecule has 6 rings (SSSR count). The van der Waals surface area contributed by atoms with Crippen molar-refractivity contribution in [3.8, 4) is 0 Å². The number of nitrogens with two attached hydrogens (primary N) is 1. The van der Waals surface area contributed by atoms with Crippen LogP contribution in [0, 0.1) is 0 Å². The molecule has 8 nitrogen and oxygen atoms in total. The first-order valence-corrected chi connectivity index (χ1v) is 17.7. The molecule has 49 heavy (non-hydrogen) atoms. The van der Waals surface area contributed by atoms with Gasteiger partial charge in [-0.15, -0.1) is 0 Å². The predicted octanol–water partition coefficient (Wildman–Crippen LogP) is 8.44. The van der Waals surface area contributed by atoms with E-state index in [0.717, 1.165) is 120 Å². The van der Waals surface area contributed by atoms with E-state index in [-0.39, 0.29) is 18.2 Å². The molecule has 0 fully saturated rings. The van der Waals surface area contributed by atoms with Crippen LogP contribution in [0.2, 0.25) is 0 Å². The van der Waals surface area contributed by atoms with E-state index in [9.17, 15) is 9.59 Å². The lowest BCUT2D eigenvalue weighted by molar-refractivity contribution is -0.131. The molecule has 2 aromatic heterocycles. The number of rotatable bonds is 18. The Kier molecular flexibility index (Phi) is 11.5. The third-order valence-corrected chi connectivity index (χ3v) is 9.16. The Labute approximate surface area is 288 Å². The van der Waals surface area contributed by atoms with Gasteiger partial charge in [-0.3, -0.25) is 9.59 Å². The fourth-order valence-electron chi connectivity index (χ4n) is 6.63. The number of carbonyl (C=O) groups excluding carboxylic acids is 2. The molecule has 0 radical (unpaired) electrons. The number of unbranched alkanes of at least 4 members (excludes halogenated alkanes) is 4. The number of pyridine rings is 2. The van der Waals surface area contributed by atoms with Gasteiger partial charge in [-0.2, -0.15) is 0 Å². The number of para-hydroxylation sites is 4. The van der Waals surface area contributed by atoms with Gasteiger partial charge in [0.25, 0.3) is 0 Å². The van der Waals surface area contributed by atoms with Gasteiger partial charge in [-0.1, -0.05) is 72.8 Å². The molecule has 0 aliphatic heterocycles. The third-order valence-electron chi connectivity index (χ3n) is 9.16. The van der Waals surface area contributed by atoms with Crippen LogP contribution in [0.15, 0.2) is 97.1 Å². The predicted molar refractivity (Wildman–Crippen MR) is 203 cm³/mol. The Bertz CT molecular complexity index is 1810. The maximum absolute atomic E-state index is 13.2. The van der Waals surface area contributed by atoms with Crippen molar-refractivity contribution in [3.05, 3.63) is 97.1 Å². The SMILES string of the molecule is NC(=O)CCCC(=O)N(CCCCCNc1c2ccccc2nc2ccccc12)CCCCCNc1c2ccccc2nc2ccccc12. The highest BCUT2D eigenvalue weighted by Gasteiger charge is 2.14. The monoisotopic (exact) mass is 654 g/mol. The molecule has 4 N–H and O–H groups in total. The molecule has 0 saturated carbocycles. The zero-order chi connectivity index (χ0) is 33.8. The fraction of sp³-hybridized carbons (Fsp3) is 0.317. The second-order valence-electron chi connectivity index (χ2n) is 12.7. The summed E-state index contributed by atoms with van der Waals surface area (Å²) in [7, 11) is 0. The maximum atomic E-state index is 13.2. The summed E-state index contributed by atoms with van der Waals surface area (Å²) >= 11 is 0. The highest BCUT2D eigenvalue weighted by atomic mass is 16.2. The molecule has 0 unspecified atom stereocenters. The first kappa shape index (κ1) is 33.7. The minimum atomic E-state index is -0.358. The van der Waals surface area contributed by atoms with E-state index in [2.05, 4.69) is 83.4 Å². The maximum Gasteiger partial charge on any atom is 0.222 e. The molecule has 2 heterocycles. The summed E-state index contributed by atoms with van der Waals surface area (Å²) in [5, 5.41) is 11.9. The number of aromatic nitrogens is 2. The summed E-state index contributed by atoms with van der Waals surface area (Å²) in [5.74, 6) is -0.245. The van der Waals surface area contributed by atoms with Gasteiger partial charge in [-0.25, -0.2) is 9.97 Å². The van der Waals surface area contributed by atoms with Gasteiger partial charge in [0.2, 0.25) is 11.8 Å². The molecule has 0 aliphatic rings. The van der Waals surface area contributed by atoms with Gasteiger partial charge < -0.3 is 21.3 Å². The number of carbonyl (C=O) groups is 2. The normalized spacial score (nSPS) is 11.3. The van der Waals surface area contributed by atoms with Crippen LogP contribution < -0.4 is 16.4 Å². The number of nitrogens with one attached hydrogen (secondary N) is 2. The average Bonchev–Trinajstić information content (AvgIpc) is 3.12. The van der Waals surface area contributed by atoms with Crippen molar-refractivity contribution >= 4 is 66.8 Å². The van der Waals surface area contributed by atoms with E-state index >= 15 is 0 Å². The minimum absolute atomic E-state index is 0.113. The Morgan fingerprint density at radius 2 is 0.898 bits per heavy atom. The molecular weight excluding hydrogens is 608 g/mol. The zero-order valence-electron chi connectivity index (χ0n) is 28.2. The lowest BCUT2D eigenvalue weighted by Crippen LogP contribution is -2.33.